The molecule has 0 aliphatic rings. The van der Waals surface area contributed by atoms with Crippen molar-refractivity contribution in [3.63, 3.8) is 0 Å². The third-order valence-electron chi connectivity index (χ3n) is 1.82. The van der Waals surface area contributed by atoms with Crippen LogP contribution in [0.4, 0.5) is 6.01 Å². The Morgan fingerprint density at radius 1 is 1.33 bits per heavy atom. The van der Waals surface area contributed by atoms with Crippen LogP contribution in [0.3, 0.4) is 0 Å². The molecule has 1 aromatic rings. The van der Waals surface area contributed by atoms with Gasteiger partial charge in [0.15, 0.2) is 0 Å². The number of hydrogen-bond acceptors (Lipinski definition) is 5. The molecule has 0 radical (unpaired) electrons. The minimum atomic E-state index is 0.215. The lowest BCUT2D eigenvalue weighted by molar-refractivity contribution is 0.397. The lowest BCUT2D eigenvalue weighted by Crippen LogP contribution is -2.29. The molecule has 0 unspecified atom stereocenters. The van der Waals surface area contributed by atoms with Gasteiger partial charge < -0.3 is 14.6 Å². The Kier molecular flexibility index (Phi) is 3.68. The first kappa shape index (κ1) is 12.0. The standard InChI is InChI=1S/C10H20N4O/c1-10(2,3)7-14(5)9-13-12-8(15-9)6-11-4/h11H,6-7H2,1-5H3. The number of nitrogens with one attached hydrogen (secondary N) is 1. The van der Waals surface area contributed by atoms with Gasteiger partial charge in [-0.05, 0) is 12.5 Å². The summed E-state index contributed by atoms with van der Waals surface area (Å²) in [5.41, 5.74) is 0.215. The van der Waals surface area contributed by atoms with Crippen LogP contribution in [-0.4, -0.2) is 30.8 Å². The molecule has 0 atom stereocenters. The average Bonchev–Trinajstić information content (AvgIpc) is 2.50. The maximum atomic E-state index is 5.47. The van der Waals surface area contributed by atoms with Crippen molar-refractivity contribution < 1.29 is 4.42 Å². The molecular weight excluding hydrogens is 192 g/mol. The van der Waals surface area contributed by atoms with Crippen molar-refractivity contribution in [1.82, 2.24) is 15.5 Å². The second-order valence-corrected chi connectivity index (χ2v) is 4.93. The highest BCUT2D eigenvalue weighted by Crippen LogP contribution is 2.18. The molecule has 1 N–H and O–H groups in total. The predicted octanol–water partition coefficient (Wildman–Crippen LogP) is 1.27. The SMILES string of the molecule is CNCc1nnc(N(C)CC(C)(C)C)o1. The van der Waals surface area contributed by atoms with Gasteiger partial charge in [0.25, 0.3) is 0 Å². The number of hydrogen-bond donors (Lipinski definition) is 1. The minimum absolute atomic E-state index is 0.215. The van der Waals surface area contributed by atoms with Crippen molar-refractivity contribution in [3.8, 4) is 0 Å². The molecule has 0 aromatic carbocycles. The van der Waals surface area contributed by atoms with Crippen LogP contribution in [0, 0.1) is 5.41 Å². The Bertz CT molecular complexity index is 303. The van der Waals surface area contributed by atoms with E-state index in [1.54, 1.807) is 0 Å². The summed E-state index contributed by atoms with van der Waals surface area (Å²) in [5, 5.41) is 10.9. The fraction of sp³-hybridized carbons (Fsp3) is 0.800. The molecule has 0 aliphatic heterocycles. The van der Waals surface area contributed by atoms with Crippen molar-refractivity contribution in [2.24, 2.45) is 5.41 Å². The summed E-state index contributed by atoms with van der Waals surface area (Å²) in [6.07, 6.45) is 0. The van der Waals surface area contributed by atoms with Crippen LogP contribution < -0.4 is 10.2 Å². The summed E-state index contributed by atoms with van der Waals surface area (Å²) in [5.74, 6) is 0.619. The Hall–Kier alpha value is -1.10. The van der Waals surface area contributed by atoms with Crippen molar-refractivity contribution in [3.05, 3.63) is 5.89 Å². The van der Waals surface area contributed by atoms with Gasteiger partial charge in [-0.1, -0.05) is 25.9 Å². The van der Waals surface area contributed by atoms with Gasteiger partial charge in [0.05, 0.1) is 6.54 Å². The van der Waals surface area contributed by atoms with Crippen LogP contribution in [0.25, 0.3) is 0 Å². The summed E-state index contributed by atoms with van der Waals surface area (Å²) in [7, 11) is 3.81. The van der Waals surface area contributed by atoms with Crippen molar-refractivity contribution in [1.29, 1.82) is 0 Å². The molecule has 1 rings (SSSR count). The van der Waals surface area contributed by atoms with Crippen molar-refractivity contribution >= 4 is 6.01 Å². The Balaban J connectivity index is 2.61. The van der Waals surface area contributed by atoms with Crippen molar-refractivity contribution in [2.45, 2.75) is 27.3 Å². The van der Waals surface area contributed by atoms with Crippen molar-refractivity contribution in [2.75, 3.05) is 25.5 Å². The second-order valence-electron chi connectivity index (χ2n) is 4.93. The largest absolute Gasteiger partial charge is 0.407 e. The highest BCUT2D eigenvalue weighted by atomic mass is 16.4. The van der Waals surface area contributed by atoms with E-state index in [0.29, 0.717) is 18.5 Å². The van der Waals surface area contributed by atoms with Gasteiger partial charge in [-0.2, -0.15) is 0 Å². The zero-order valence-electron chi connectivity index (χ0n) is 10.2. The normalized spacial score (nSPS) is 11.8. The van der Waals surface area contributed by atoms with Gasteiger partial charge >= 0.3 is 6.01 Å². The van der Waals surface area contributed by atoms with Crippen LogP contribution in [0.2, 0.25) is 0 Å². The zero-order valence-corrected chi connectivity index (χ0v) is 10.2. The first-order valence-electron chi connectivity index (χ1n) is 5.10. The number of aromatic nitrogens is 2. The van der Waals surface area contributed by atoms with Crippen LogP contribution in [0.15, 0.2) is 4.42 Å². The van der Waals surface area contributed by atoms with E-state index in [2.05, 4.69) is 36.3 Å². The molecule has 5 nitrogen and oxygen atoms in total. The lowest BCUT2D eigenvalue weighted by Gasteiger charge is -2.24. The summed E-state index contributed by atoms with van der Waals surface area (Å²) in [6, 6.07) is 0.579. The van der Waals surface area contributed by atoms with Crippen LogP contribution in [-0.2, 0) is 6.54 Å². The minimum Gasteiger partial charge on any atom is -0.407 e. The maximum Gasteiger partial charge on any atom is 0.317 e. The molecule has 1 aromatic heterocycles. The first-order valence-corrected chi connectivity index (χ1v) is 5.10. The fourth-order valence-electron chi connectivity index (χ4n) is 1.40. The van der Waals surface area contributed by atoms with E-state index in [9.17, 15) is 0 Å². The quantitative estimate of drug-likeness (QED) is 0.814. The molecule has 0 fully saturated rings. The third-order valence-corrected chi connectivity index (χ3v) is 1.82. The molecule has 0 amide bonds. The lowest BCUT2D eigenvalue weighted by atomic mass is 9.96. The van der Waals surface area contributed by atoms with Gasteiger partial charge in [-0.15, -0.1) is 5.10 Å². The highest BCUT2D eigenvalue weighted by molar-refractivity contribution is 5.22. The van der Waals surface area contributed by atoms with Crippen LogP contribution in [0.1, 0.15) is 26.7 Å². The summed E-state index contributed by atoms with van der Waals surface area (Å²) >= 11 is 0. The predicted molar refractivity (Wildman–Crippen MR) is 59.8 cm³/mol. The van der Waals surface area contributed by atoms with E-state index < -0.39 is 0 Å². The monoisotopic (exact) mass is 212 g/mol. The van der Waals surface area contributed by atoms with Gasteiger partial charge in [-0.3, -0.25) is 0 Å². The summed E-state index contributed by atoms with van der Waals surface area (Å²) in [4.78, 5) is 1.98. The average molecular weight is 212 g/mol. The Morgan fingerprint density at radius 2 is 2.00 bits per heavy atom. The summed E-state index contributed by atoms with van der Waals surface area (Å²) < 4.78 is 5.47. The van der Waals surface area contributed by atoms with Gasteiger partial charge in [0, 0.05) is 13.6 Å². The molecule has 5 heteroatoms. The fourth-order valence-corrected chi connectivity index (χ4v) is 1.40. The second kappa shape index (κ2) is 4.61. The topological polar surface area (TPSA) is 54.2 Å². The molecule has 15 heavy (non-hydrogen) atoms. The van der Waals surface area contributed by atoms with Crippen LogP contribution in [0.5, 0.6) is 0 Å². The Morgan fingerprint density at radius 3 is 2.53 bits per heavy atom. The van der Waals surface area contributed by atoms with E-state index >= 15 is 0 Å². The smallest absolute Gasteiger partial charge is 0.317 e. The molecule has 0 saturated carbocycles. The third kappa shape index (κ3) is 3.87. The van der Waals surface area contributed by atoms with E-state index in [4.69, 9.17) is 4.42 Å². The molecule has 0 saturated heterocycles. The van der Waals surface area contributed by atoms with Gasteiger partial charge in [0.2, 0.25) is 5.89 Å². The van der Waals surface area contributed by atoms with E-state index in [1.807, 2.05) is 19.0 Å². The number of nitrogens with zero attached hydrogens (tertiary/aromatic N) is 3. The summed E-state index contributed by atoms with van der Waals surface area (Å²) in [6.45, 7) is 8.02. The maximum absolute atomic E-state index is 5.47. The molecular formula is C10H20N4O. The van der Waals surface area contributed by atoms with E-state index in [-0.39, 0.29) is 5.41 Å². The number of anilines is 1. The molecule has 86 valence electrons. The molecule has 1 heterocycles. The molecule has 0 aliphatic carbocycles. The molecule has 0 bridgehead atoms. The van der Waals surface area contributed by atoms with Gasteiger partial charge in [0.1, 0.15) is 0 Å². The molecule has 0 spiro atoms. The highest BCUT2D eigenvalue weighted by Gasteiger charge is 2.17. The first-order chi connectivity index (χ1) is 6.92. The van der Waals surface area contributed by atoms with Crippen LogP contribution >= 0.6 is 0 Å². The number of rotatable bonds is 4. The van der Waals surface area contributed by atoms with E-state index in [1.165, 1.54) is 0 Å². The van der Waals surface area contributed by atoms with Gasteiger partial charge in [-0.25, -0.2) is 0 Å². The zero-order chi connectivity index (χ0) is 11.5. The van der Waals surface area contributed by atoms with E-state index in [0.717, 1.165) is 6.54 Å². The Labute approximate surface area is 90.9 Å².